The van der Waals surface area contributed by atoms with Gasteiger partial charge in [0.2, 0.25) is 0 Å². The van der Waals surface area contributed by atoms with Gasteiger partial charge in [0.05, 0.1) is 17.7 Å². The van der Waals surface area contributed by atoms with Gasteiger partial charge in [-0.2, -0.15) is 0 Å². The van der Waals surface area contributed by atoms with Crippen molar-refractivity contribution < 1.29 is 18.0 Å². The minimum atomic E-state index is -2.51. The van der Waals surface area contributed by atoms with Crippen molar-refractivity contribution in [2.75, 3.05) is 21.3 Å². The van der Waals surface area contributed by atoms with Crippen molar-refractivity contribution in [1.82, 2.24) is 0 Å². The molecule has 1 rings (SSSR count). The Labute approximate surface area is 86.9 Å². The molecule has 3 atom stereocenters. The van der Waals surface area contributed by atoms with Crippen LogP contribution in [-0.2, 0) is 18.0 Å². The summed E-state index contributed by atoms with van der Waals surface area (Å²) in [6.07, 6.45) is 1.51. The summed E-state index contributed by atoms with van der Waals surface area (Å²) in [5.41, 5.74) is 0.248. The lowest BCUT2D eigenvalue weighted by molar-refractivity contribution is 0.105. The summed E-state index contributed by atoms with van der Waals surface area (Å²) in [6, 6.07) is 0. The molecule has 5 heteroatoms. The highest BCUT2D eigenvalue weighted by Gasteiger charge is 2.57. The molecule has 1 fully saturated rings. The summed E-state index contributed by atoms with van der Waals surface area (Å²) < 4.78 is 21.8. The van der Waals surface area contributed by atoms with E-state index in [1.54, 1.807) is 21.3 Å². The van der Waals surface area contributed by atoms with E-state index in [4.69, 9.17) is 18.0 Å². The van der Waals surface area contributed by atoms with E-state index in [0.29, 0.717) is 6.10 Å². The van der Waals surface area contributed by atoms with Crippen LogP contribution < -0.4 is 0 Å². The average Bonchev–Trinajstić information content (AvgIpc) is 2.92. The molecule has 14 heavy (non-hydrogen) atoms. The predicted octanol–water partition coefficient (Wildman–Crippen LogP) is 1.43. The molecule has 0 aromatic rings. The van der Waals surface area contributed by atoms with Crippen LogP contribution in [0.3, 0.4) is 0 Å². The fourth-order valence-corrected chi connectivity index (χ4v) is 4.67. The number of rotatable bonds is 6. The highest BCUT2D eigenvalue weighted by atomic mass is 28.4. The van der Waals surface area contributed by atoms with E-state index >= 15 is 0 Å². The second-order valence-corrected chi connectivity index (χ2v) is 6.71. The van der Waals surface area contributed by atoms with Crippen molar-refractivity contribution in [2.45, 2.75) is 38.0 Å². The quantitative estimate of drug-likeness (QED) is 0.501. The van der Waals surface area contributed by atoms with Crippen LogP contribution in [-0.4, -0.2) is 42.3 Å². The van der Waals surface area contributed by atoms with E-state index in [2.05, 4.69) is 13.8 Å². The van der Waals surface area contributed by atoms with Gasteiger partial charge >= 0.3 is 8.80 Å². The Morgan fingerprint density at radius 1 is 1.21 bits per heavy atom. The summed E-state index contributed by atoms with van der Waals surface area (Å²) in [6.45, 7) is 4.17. The maximum Gasteiger partial charge on any atom is 0.506 e. The molecule has 0 aromatic heterocycles. The molecule has 1 aliphatic rings. The predicted molar refractivity (Wildman–Crippen MR) is 55.2 cm³/mol. The van der Waals surface area contributed by atoms with Crippen molar-refractivity contribution in [3.05, 3.63) is 0 Å². The molecule has 1 saturated heterocycles. The fraction of sp³-hybridized carbons (Fsp3) is 1.00. The average molecular weight is 220 g/mol. The lowest BCUT2D eigenvalue weighted by Gasteiger charge is -2.30. The second-order valence-electron chi connectivity index (χ2n) is 3.54. The van der Waals surface area contributed by atoms with Crippen LogP contribution >= 0.6 is 0 Å². The Bertz CT molecular complexity index is 175. The molecule has 1 heterocycles. The number of hydrogen-bond acceptors (Lipinski definition) is 4. The number of ether oxygens (including phenoxy) is 1. The molecule has 0 aliphatic carbocycles. The second kappa shape index (κ2) is 4.72. The van der Waals surface area contributed by atoms with Gasteiger partial charge < -0.3 is 18.0 Å². The molecule has 0 spiro atoms. The molecule has 0 saturated carbocycles. The first-order chi connectivity index (χ1) is 6.65. The van der Waals surface area contributed by atoms with Crippen LogP contribution in [0.25, 0.3) is 0 Å². The third-order valence-corrected chi connectivity index (χ3v) is 6.25. The van der Waals surface area contributed by atoms with E-state index in [-0.39, 0.29) is 11.6 Å². The van der Waals surface area contributed by atoms with Crippen molar-refractivity contribution in [3.8, 4) is 0 Å². The first-order valence-electron chi connectivity index (χ1n) is 4.96. The SMILES string of the molecule is CCC(C1OC1C)[Si](OC)(OC)OC. The van der Waals surface area contributed by atoms with Crippen molar-refractivity contribution in [2.24, 2.45) is 0 Å². The molecule has 0 N–H and O–H groups in total. The monoisotopic (exact) mass is 220 g/mol. The first-order valence-corrected chi connectivity index (χ1v) is 6.76. The van der Waals surface area contributed by atoms with E-state index < -0.39 is 8.80 Å². The molecule has 1 aliphatic heterocycles. The Kier molecular flexibility index (Phi) is 4.09. The van der Waals surface area contributed by atoms with Crippen LogP contribution in [0.1, 0.15) is 20.3 Å². The van der Waals surface area contributed by atoms with Crippen LogP contribution in [0.5, 0.6) is 0 Å². The summed E-state index contributed by atoms with van der Waals surface area (Å²) in [7, 11) is 2.43. The molecular formula is C9H20O4Si. The summed E-state index contributed by atoms with van der Waals surface area (Å²) in [5, 5.41) is 0. The van der Waals surface area contributed by atoms with Gasteiger partial charge in [0.25, 0.3) is 0 Å². The van der Waals surface area contributed by atoms with Gasteiger partial charge in [-0.25, -0.2) is 0 Å². The van der Waals surface area contributed by atoms with Gasteiger partial charge in [-0.1, -0.05) is 6.92 Å². The van der Waals surface area contributed by atoms with Gasteiger partial charge in [-0.05, 0) is 13.3 Å². The Hall–Kier alpha value is 0.0569. The minimum absolute atomic E-state index is 0.242. The zero-order chi connectivity index (χ0) is 10.8. The number of hydrogen-bond donors (Lipinski definition) is 0. The highest BCUT2D eigenvalue weighted by molar-refractivity contribution is 6.62. The Morgan fingerprint density at radius 2 is 1.64 bits per heavy atom. The Balaban J connectivity index is 2.72. The third kappa shape index (κ3) is 2.01. The standard InChI is InChI=1S/C9H20O4Si/c1-6-8(9-7(2)13-9)14(10-3,11-4)12-5/h7-9H,6H2,1-5H3. The summed E-state index contributed by atoms with van der Waals surface area (Å²) >= 11 is 0. The summed E-state index contributed by atoms with van der Waals surface area (Å²) in [5.74, 6) is 0. The maximum atomic E-state index is 5.48. The van der Waals surface area contributed by atoms with E-state index in [9.17, 15) is 0 Å². The van der Waals surface area contributed by atoms with E-state index in [0.717, 1.165) is 6.42 Å². The molecule has 0 radical (unpaired) electrons. The topological polar surface area (TPSA) is 40.2 Å². The smallest absolute Gasteiger partial charge is 0.377 e. The summed E-state index contributed by atoms with van der Waals surface area (Å²) in [4.78, 5) is 0. The van der Waals surface area contributed by atoms with Crippen molar-refractivity contribution in [1.29, 1.82) is 0 Å². The zero-order valence-electron chi connectivity index (χ0n) is 9.57. The largest absolute Gasteiger partial charge is 0.506 e. The first kappa shape index (κ1) is 12.1. The van der Waals surface area contributed by atoms with Gasteiger partial charge in [0, 0.05) is 21.3 Å². The van der Waals surface area contributed by atoms with Gasteiger partial charge in [0.1, 0.15) is 0 Å². The molecule has 0 bridgehead atoms. The van der Waals surface area contributed by atoms with Gasteiger partial charge in [-0.15, -0.1) is 0 Å². The molecule has 3 unspecified atom stereocenters. The van der Waals surface area contributed by atoms with Gasteiger partial charge in [-0.3, -0.25) is 0 Å². The fourth-order valence-electron chi connectivity index (χ4n) is 2.01. The zero-order valence-corrected chi connectivity index (χ0v) is 10.6. The van der Waals surface area contributed by atoms with E-state index in [1.165, 1.54) is 0 Å². The van der Waals surface area contributed by atoms with Crippen molar-refractivity contribution in [3.63, 3.8) is 0 Å². The molecule has 0 amide bonds. The molecular weight excluding hydrogens is 200 g/mol. The lowest BCUT2D eigenvalue weighted by Crippen LogP contribution is -2.49. The molecule has 4 nitrogen and oxygen atoms in total. The van der Waals surface area contributed by atoms with Crippen molar-refractivity contribution >= 4 is 8.80 Å². The highest BCUT2D eigenvalue weighted by Crippen LogP contribution is 2.42. The molecule has 84 valence electrons. The number of epoxide rings is 1. The van der Waals surface area contributed by atoms with Crippen LogP contribution in [0.4, 0.5) is 0 Å². The van der Waals surface area contributed by atoms with Crippen LogP contribution in [0.2, 0.25) is 5.54 Å². The van der Waals surface area contributed by atoms with Gasteiger partial charge in [0.15, 0.2) is 0 Å². The van der Waals surface area contributed by atoms with Crippen LogP contribution in [0, 0.1) is 0 Å². The Morgan fingerprint density at radius 3 is 1.86 bits per heavy atom. The minimum Gasteiger partial charge on any atom is -0.377 e. The van der Waals surface area contributed by atoms with E-state index in [1.807, 2.05) is 0 Å². The third-order valence-electron chi connectivity index (χ3n) is 2.90. The lowest BCUT2D eigenvalue weighted by atomic mass is 10.2. The normalized spacial score (nSPS) is 28.9. The molecule has 0 aromatic carbocycles. The van der Waals surface area contributed by atoms with Crippen LogP contribution in [0.15, 0.2) is 0 Å². The maximum absolute atomic E-state index is 5.48.